The topological polar surface area (TPSA) is 124 Å². The lowest BCUT2D eigenvalue weighted by atomic mass is 9.92. The Morgan fingerprint density at radius 1 is 1.38 bits per heavy atom. The third-order valence-corrected chi connectivity index (χ3v) is 3.91. The molecule has 112 valence electrons. The van der Waals surface area contributed by atoms with Crippen molar-refractivity contribution in [3.63, 3.8) is 0 Å². The number of carboxylic acid groups (broad SMARTS) is 2. The number of benzene rings is 1. The number of carbonyl (C=O) groups is 2. The molecule has 0 saturated heterocycles. The summed E-state index contributed by atoms with van der Waals surface area (Å²) in [7, 11) is 0. The number of hydrogen-bond donors (Lipinski definition) is 4. The van der Waals surface area contributed by atoms with Crippen molar-refractivity contribution in [2.24, 2.45) is 5.92 Å². The van der Waals surface area contributed by atoms with Gasteiger partial charge in [0.05, 0.1) is 30.7 Å². The van der Waals surface area contributed by atoms with Crippen LogP contribution in [-0.4, -0.2) is 37.5 Å². The van der Waals surface area contributed by atoms with Crippen LogP contribution >= 0.6 is 15.9 Å². The molecule has 8 heteroatoms. The van der Waals surface area contributed by atoms with E-state index in [1.54, 1.807) is 12.3 Å². The van der Waals surface area contributed by atoms with Crippen molar-refractivity contribution >= 4 is 38.8 Å². The predicted molar refractivity (Wildman–Crippen MR) is 76.8 cm³/mol. The van der Waals surface area contributed by atoms with Crippen LogP contribution < -0.4 is 0 Å². The maximum Gasteiger partial charge on any atom is 0.307 e. The van der Waals surface area contributed by atoms with Crippen molar-refractivity contribution in [1.29, 1.82) is 0 Å². The van der Waals surface area contributed by atoms with Crippen LogP contribution in [0, 0.1) is 5.92 Å². The van der Waals surface area contributed by atoms with E-state index >= 15 is 0 Å². The Morgan fingerprint density at radius 3 is 2.67 bits per heavy atom. The molecular formula is C13H13BrN2O5. The smallest absolute Gasteiger partial charge is 0.307 e. The maximum absolute atomic E-state index is 11.2. The summed E-state index contributed by atoms with van der Waals surface area (Å²) in [6.07, 6.45) is 1.10. The first-order chi connectivity index (χ1) is 9.93. The van der Waals surface area contributed by atoms with Gasteiger partial charge < -0.3 is 15.3 Å². The van der Waals surface area contributed by atoms with E-state index in [-0.39, 0.29) is 13.0 Å². The number of carboxylic acids is 2. The molecule has 0 aliphatic rings. The molecule has 1 aromatic carbocycles. The van der Waals surface area contributed by atoms with Crippen LogP contribution in [-0.2, 0) is 22.6 Å². The zero-order chi connectivity index (χ0) is 15.6. The quantitative estimate of drug-likeness (QED) is 0.622. The number of halogens is 1. The molecule has 0 bridgehead atoms. The average molecular weight is 357 g/mol. The van der Waals surface area contributed by atoms with Gasteiger partial charge in [0, 0.05) is 9.86 Å². The average Bonchev–Trinajstić information content (AvgIpc) is 2.87. The van der Waals surface area contributed by atoms with E-state index in [0.29, 0.717) is 26.5 Å². The lowest BCUT2D eigenvalue weighted by Crippen LogP contribution is -2.20. The van der Waals surface area contributed by atoms with Crippen molar-refractivity contribution in [3.05, 3.63) is 27.9 Å². The zero-order valence-corrected chi connectivity index (χ0v) is 12.4. The molecule has 0 saturated carbocycles. The summed E-state index contributed by atoms with van der Waals surface area (Å²) in [5.41, 5.74) is 1.85. The summed E-state index contributed by atoms with van der Waals surface area (Å²) in [6, 6.07) is 1.68. The number of hydrogen-bond acceptors (Lipinski definition) is 4. The van der Waals surface area contributed by atoms with Crippen molar-refractivity contribution < 1.29 is 24.9 Å². The minimum absolute atomic E-state index is 0.0250. The Kier molecular flexibility index (Phi) is 4.59. The zero-order valence-electron chi connectivity index (χ0n) is 10.8. The van der Waals surface area contributed by atoms with Gasteiger partial charge in [-0.25, -0.2) is 0 Å². The van der Waals surface area contributed by atoms with E-state index in [1.165, 1.54) is 0 Å². The third kappa shape index (κ3) is 3.22. The number of rotatable bonds is 6. The number of aliphatic hydroxyl groups is 1. The highest BCUT2D eigenvalue weighted by atomic mass is 79.9. The van der Waals surface area contributed by atoms with E-state index < -0.39 is 24.3 Å². The first kappa shape index (κ1) is 15.5. The molecule has 1 aromatic heterocycles. The fourth-order valence-corrected chi connectivity index (χ4v) is 2.85. The molecule has 0 aliphatic heterocycles. The van der Waals surface area contributed by atoms with Gasteiger partial charge in [0.15, 0.2) is 0 Å². The van der Waals surface area contributed by atoms with Gasteiger partial charge in [0.1, 0.15) is 0 Å². The van der Waals surface area contributed by atoms with Crippen molar-refractivity contribution in [3.8, 4) is 0 Å². The second-order valence-electron chi connectivity index (χ2n) is 4.65. The fraction of sp³-hybridized carbons (Fsp3) is 0.308. The van der Waals surface area contributed by atoms with Crippen LogP contribution in [0.15, 0.2) is 16.7 Å². The molecule has 21 heavy (non-hydrogen) atoms. The largest absolute Gasteiger partial charge is 0.481 e. The summed E-state index contributed by atoms with van der Waals surface area (Å²) in [5, 5.41) is 34.8. The monoisotopic (exact) mass is 356 g/mol. The highest BCUT2D eigenvalue weighted by Gasteiger charge is 2.24. The minimum atomic E-state index is -1.18. The molecular weight excluding hydrogens is 344 g/mol. The van der Waals surface area contributed by atoms with Crippen LogP contribution in [0.4, 0.5) is 0 Å². The molecule has 1 heterocycles. The van der Waals surface area contributed by atoms with E-state index in [4.69, 9.17) is 10.2 Å². The Hall–Kier alpha value is -1.93. The highest BCUT2D eigenvalue weighted by Crippen LogP contribution is 2.30. The molecule has 0 unspecified atom stereocenters. The minimum Gasteiger partial charge on any atom is -0.481 e. The SMILES string of the molecule is O=C(O)C[C@H](Cc1cc(Br)c2[nH]ncc2c1CO)C(=O)O. The number of nitrogens with zero attached hydrogens (tertiary/aromatic N) is 1. The molecule has 2 aromatic rings. The predicted octanol–water partition coefficient (Wildman–Crippen LogP) is 1.54. The van der Waals surface area contributed by atoms with Crippen LogP contribution in [0.1, 0.15) is 17.5 Å². The van der Waals surface area contributed by atoms with Crippen molar-refractivity contribution in [1.82, 2.24) is 10.2 Å². The molecule has 1 atom stereocenters. The van der Waals surface area contributed by atoms with E-state index in [2.05, 4.69) is 26.1 Å². The van der Waals surface area contributed by atoms with Gasteiger partial charge in [-0.2, -0.15) is 5.10 Å². The van der Waals surface area contributed by atoms with Gasteiger partial charge in [-0.3, -0.25) is 14.7 Å². The van der Waals surface area contributed by atoms with Gasteiger partial charge in [-0.05, 0) is 39.5 Å². The lowest BCUT2D eigenvalue weighted by molar-refractivity contribution is -0.148. The Labute approximate surface area is 127 Å². The summed E-state index contributed by atoms with van der Waals surface area (Å²) in [5.74, 6) is -3.40. The molecule has 0 aliphatic carbocycles. The first-order valence-electron chi connectivity index (χ1n) is 6.12. The number of nitrogens with one attached hydrogen (secondary N) is 1. The van der Waals surface area contributed by atoms with Crippen LogP contribution in [0.25, 0.3) is 10.9 Å². The van der Waals surface area contributed by atoms with Gasteiger partial charge in [-0.15, -0.1) is 0 Å². The molecule has 0 spiro atoms. The molecule has 4 N–H and O–H groups in total. The Bertz CT molecular complexity index is 697. The lowest BCUT2D eigenvalue weighted by Gasteiger charge is -2.14. The van der Waals surface area contributed by atoms with E-state index in [0.717, 1.165) is 0 Å². The van der Waals surface area contributed by atoms with E-state index in [9.17, 15) is 14.7 Å². The second kappa shape index (κ2) is 6.23. The number of aromatic amines is 1. The van der Waals surface area contributed by atoms with Crippen LogP contribution in [0.2, 0.25) is 0 Å². The van der Waals surface area contributed by atoms with Crippen LogP contribution in [0.5, 0.6) is 0 Å². The van der Waals surface area contributed by atoms with Crippen molar-refractivity contribution in [2.45, 2.75) is 19.4 Å². The normalized spacial score (nSPS) is 12.5. The standard InChI is InChI=1S/C13H13BrN2O5/c14-10-2-6(1-7(13(20)21)3-11(18)19)9(5-17)8-4-15-16-12(8)10/h2,4,7,17H,1,3,5H2,(H,15,16)(H,18,19)(H,20,21)/t7-/m0/s1. The summed E-state index contributed by atoms with van der Waals surface area (Å²) < 4.78 is 0.682. The second-order valence-corrected chi connectivity index (χ2v) is 5.50. The van der Waals surface area contributed by atoms with E-state index in [1.807, 2.05) is 0 Å². The van der Waals surface area contributed by atoms with Crippen LogP contribution in [0.3, 0.4) is 0 Å². The Balaban J connectivity index is 2.44. The molecule has 0 amide bonds. The van der Waals surface area contributed by atoms with Gasteiger partial charge in [0.25, 0.3) is 0 Å². The van der Waals surface area contributed by atoms with Gasteiger partial charge >= 0.3 is 11.9 Å². The van der Waals surface area contributed by atoms with Gasteiger partial charge in [0.2, 0.25) is 0 Å². The molecule has 0 radical (unpaired) electrons. The number of aliphatic carboxylic acids is 2. The highest BCUT2D eigenvalue weighted by molar-refractivity contribution is 9.10. The Morgan fingerprint density at radius 2 is 2.10 bits per heavy atom. The third-order valence-electron chi connectivity index (χ3n) is 3.29. The van der Waals surface area contributed by atoms with Gasteiger partial charge in [-0.1, -0.05) is 0 Å². The van der Waals surface area contributed by atoms with Crippen molar-refractivity contribution in [2.75, 3.05) is 0 Å². The maximum atomic E-state index is 11.2. The number of aliphatic hydroxyl groups excluding tert-OH is 1. The summed E-state index contributed by atoms with van der Waals surface area (Å²) >= 11 is 3.35. The number of fused-ring (bicyclic) bond motifs is 1. The first-order valence-corrected chi connectivity index (χ1v) is 6.92. The fourth-order valence-electron chi connectivity index (χ4n) is 2.27. The summed E-state index contributed by atoms with van der Waals surface area (Å²) in [6.45, 7) is -0.280. The molecule has 2 rings (SSSR count). The molecule has 0 fully saturated rings. The molecule has 7 nitrogen and oxygen atoms in total. The number of H-pyrrole nitrogens is 1. The summed E-state index contributed by atoms with van der Waals surface area (Å²) in [4.78, 5) is 21.9. The number of aromatic nitrogens is 2.